The normalized spacial score (nSPS) is 12.9. The average molecular weight is 263 g/mol. The maximum atomic E-state index is 11.0. The van der Waals surface area contributed by atoms with Crippen molar-refractivity contribution in [2.75, 3.05) is 7.11 Å². The molecule has 0 bridgehead atoms. The van der Waals surface area contributed by atoms with Crippen LogP contribution >= 0.6 is 0 Å². The number of ether oxygens (including phenoxy) is 1. The van der Waals surface area contributed by atoms with Gasteiger partial charge in [-0.2, -0.15) is 0 Å². The van der Waals surface area contributed by atoms with E-state index in [1.807, 2.05) is 36.6 Å². The highest BCUT2D eigenvalue weighted by Crippen LogP contribution is 2.30. The SMILES string of the molecule is COc1ccc2c(c1)cc(C(O)C(=O)O)n2C(C)C. The molecule has 0 spiro atoms. The van der Waals surface area contributed by atoms with Crippen molar-refractivity contribution < 1.29 is 19.7 Å². The van der Waals surface area contributed by atoms with Gasteiger partial charge in [-0.05, 0) is 38.1 Å². The van der Waals surface area contributed by atoms with Gasteiger partial charge in [0.05, 0.1) is 12.8 Å². The van der Waals surface area contributed by atoms with E-state index in [1.165, 1.54) is 0 Å². The summed E-state index contributed by atoms with van der Waals surface area (Å²) in [5.41, 5.74) is 1.26. The molecule has 0 aliphatic carbocycles. The maximum absolute atomic E-state index is 11.0. The lowest BCUT2D eigenvalue weighted by Gasteiger charge is -2.16. The predicted molar refractivity (Wildman–Crippen MR) is 71.5 cm³/mol. The summed E-state index contributed by atoms with van der Waals surface area (Å²) in [5.74, 6) is -0.554. The van der Waals surface area contributed by atoms with E-state index in [9.17, 15) is 9.90 Å². The fourth-order valence-electron chi connectivity index (χ4n) is 2.28. The number of carbonyl (C=O) groups is 1. The highest BCUT2D eigenvalue weighted by Gasteiger charge is 2.23. The van der Waals surface area contributed by atoms with Crippen molar-refractivity contribution >= 4 is 16.9 Å². The number of aliphatic hydroxyl groups is 1. The second-order valence-electron chi connectivity index (χ2n) is 4.70. The first kappa shape index (κ1) is 13.4. The summed E-state index contributed by atoms with van der Waals surface area (Å²) in [7, 11) is 1.58. The minimum atomic E-state index is -1.53. The van der Waals surface area contributed by atoms with Crippen LogP contribution in [0.2, 0.25) is 0 Å². The summed E-state index contributed by atoms with van der Waals surface area (Å²) in [6.45, 7) is 3.89. The molecule has 2 rings (SSSR count). The van der Waals surface area contributed by atoms with Gasteiger partial charge in [0.25, 0.3) is 0 Å². The average Bonchev–Trinajstić information content (AvgIpc) is 2.75. The van der Waals surface area contributed by atoms with Gasteiger partial charge in [-0.15, -0.1) is 0 Å². The number of benzene rings is 1. The third-order valence-electron chi connectivity index (χ3n) is 3.11. The molecular formula is C14H17NO4. The molecule has 2 aromatic rings. The number of hydrogen-bond donors (Lipinski definition) is 2. The van der Waals surface area contributed by atoms with E-state index in [-0.39, 0.29) is 6.04 Å². The molecule has 5 heteroatoms. The number of rotatable bonds is 4. The Hall–Kier alpha value is -2.01. The quantitative estimate of drug-likeness (QED) is 0.888. The lowest BCUT2D eigenvalue weighted by atomic mass is 10.2. The van der Waals surface area contributed by atoms with Crippen molar-refractivity contribution in [1.29, 1.82) is 0 Å². The summed E-state index contributed by atoms with van der Waals surface area (Å²) in [4.78, 5) is 11.0. The monoisotopic (exact) mass is 263 g/mol. The van der Waals surface area contributed by atoms with Crippen molar-refractivity contribution in [2.45, 2.75) is 26.0 Å². The largest absolute Gasteiger partial charge is 0.497 e. The van der Waals surface area contributed by atoms with Crippen LogP contribution in [-0.2, 0) is 4.79 Å². The topological polar surface area (TPSA) is 71.7 Å². The second kappa shape index (κ2) is 4.93. The van der Waals surface area contributed by atoms with Gasteiger partial charge in [0.2, 0.25) is 0 Å². The van der Waals surface area contributed by atoms with Gasteiger partial charge in [-0.1, -0.05) is 0 Å². The summed E-state index contributed by atoms with van der Waals surface area (Å²) in [5, 5.41) is 19.6. The molecule has 0 radical (unpaired) electrons. The van der Waals surface area contributed by atoms with Gasteiger partial charge in [-0.25, -0.2) is 4.79 Å². The van der Waals surface area contributed by atoms with E-state index < -0.39 is 12.1 Å². The molecule has 19 heavy (non-hydrogen) atoms. The van der Waals surface area contributed by atoms with E-state index in [4.69, 9.17) is 9.84 Å². The van der Waals surface area contributed by atoms with Gasteiger partial charge in [0, 0.05) is 16.9 Å². The van der Waals surface area contributed by atoms with E-state index in [2.05, 4.69) is 0 Å². The first-order chi connectivity index (χ1) is 8.95. The fraction of sp³-hybridized carbons (Fsp3) is 0.357. The van der Waals surface area contributed by atoms with Gasteiger partial charge >= 0.3 is 5.97 Å². The summed E-state index contributed by atoms with van der Waals surface area (Å²) in [6, 6.07) is 7.25. The number of carboxylic acids is 1. The third-order valence-corrected chi connectivity index (χ3v) is 3.11. The Kier molecular flexibility index (Phi) is 3.48. The molecule has 0 aliphatic rings. The van der Waals surface area contributed by atoms with Gasteiger partial charge in [0.15, 0.2) is 6.10 Å². The van der Waals surface area contributed by atoms with Crippen LogP contribution in [0.3, 0.4) is 0 Å². The first-order valence-corrected chi connectivity index (χ1v) is 6.05. The van der Waals surface area contributed by atoms with Crippen molar-refractivity contribution in [3.63, 3.8) is 0 Å². The minimum Gasteiger partial charge on any atom is -0.497 e. The predicted octanol–water partition coefficient (Wildman–Crippen LogP) is 2.35. The molecule has 0 aliphatic heterocycles. The van der Waals surface area contributed by atoms with Crippen LogP contribution in [0.15, 0.2) is 24.3 Å². The molecule has 102 valence electrons. The molecule has 1 atom stereocenters. The molecular weight excluding hydrogens is 246 g/mol. The number of carboxylic acid groups (broad SMARTS) is 1. The standard InChI is InChI=1S/C14H17NO4/c1-8(2)15-11-5-4-10(19-3)6-9(11)7-12(15)13(16)14(17)18/h4-8,13,16H,1-3H3,(H,17,18). The Morgan fingerprint density at radius 3 is 2.53 bits per heavy atom. The zero-order valence-corrected chi connectivity index (χ0v) is 11.1. The molecule has 1 heterocycles. The number of aliphatic carboxylic acids is 1. The van der Waals surface area contributed by atoms with Gasteiger partial charge in [-0.3, -0.25) is 0 Å². The Bertz CT molecular complexity index is 615. The number of aliphatic hydroxyl groups excluding tert-OH is 1. The minimum absolute atomic E-state index is 0.0508. The van der Waals surface area contributed by atoms with Crippen molar-refractivity contribution in [3.8, 4) is 5.75 Å². The molecule has 0 amide bonds. The van der Waals surface area contributed by atoms with Crippen LogP contribution in [0.25, 0.3) is 10.9 Å². The van der Waals surface area contributed by atoms with Crippen LogP contribution in [-0.4, -0.2) is 27.9 Å². The van der Waals surface area contributed by atoms with Crippen molar-refractivity contribution in [3.05, 3.63) is 30.0 Å². The van der Waals surface area contributed by atoms with E-state index in [0.717, 1.165) is 10.9 Å². The maximum Gasteiger partial charge on any atom is 0.338 e. The molecule has 1 unspecified atom stereocenters. The molecule has 5 nitrogen and oxygen atoms in total. The molecule has 0 saturated heterocycles. The van der Waals surface area contributed by atoms with E-state index >= 15 is 0 Å². The molecule has 1 aromatic heterocycles. The first-order valence-electron chi connectivity index (χ1n) is 6.05. The number of methoxy groups -OCH3 is 1. The Labute approximate surface area is 111 Å². The second-order valence-corrected chi connectivity index (χ2v) is 4.70. The number of hydrogen-bond acceptors (Lipinski definition) is 3. The van der Waals surface area contributed by atoms with Crippen LogP contribution < -0.4 is 4.74 Å². The fourth-order valence-corrected chi connectivity index (χ4v) is 2.28. The lowest BCUT2D eigenvalue weighted by Crippen LogP contribution is -2.16. The summed E-state index contributed by atoms with van der Waals surface area (Å²) >= 11 is 0. The lowest BCUT2D eigenvalue weighted by molar-refractivity contribution is -0.147. The van der Waals surface area contributed by atoms with Crippen LogP contribution in [0.4, 0.5) is 0 Å². The molecule has 0 saturated carbocycles. The van der Waals surface area contributed by atoms with Crippen LogP contribution in [0, 0.1) is 0 Å². The summed E-state index contributed by atoms with van der Waals surface area (Å²) in [6.07, 6.45) is -1.53. The molecule has 2 N–H and O–H groups in total. The number of aromatic nitrogens is 1. The van der Waals surface area contributed by atoms with Crippen molar-refractivity contribution in [1.82, 2.24) is 4.57 Å². The van der Waals surface area contributed by atoms with Crippen LogP contribution in [0.1, 0.15) is 31.7 Å². The zero-order valence-electron chi connectivity index (χ0n) is 11.1. The molecule has 0 fully saturated rings. The van der Waals surface area contributed by atoms with E-state index in [0.29, 0.717) is 11.4 Å². The Morgan fingerprint density at radius 2 is 2.00 bits per heavy atom. The smallest absolute Gasteiger partial charge is 0.338 e. The van der Waals surface area contributed by atoms with Gasteiger partial charge in [0.1, 0.15) is 5.75 Å². The number of nitrogens with zero attached hydrogens (tertiary/aromatic N) is 1. The zero-order chi connectivity index (χ0) is 14.2. The van der Waals surface area contributed by atoms with Gasteiger partial charge < -0.3 is 19.5 Å². The summed E-state index contributed by atoms with van der Waals surface area (Å²) < 4.78 is 6.98. The van der Waals surface area contributed by atoms with E-state index in [1.54, 1.807) is 13.2 Å². The van der Waals surface area contributed by atoms with Crippen molar-refractivity contribution in [2.24, 2.45) is 0 Å². The number of fused-ring (bicyclic) bond motifs is 1. The van der Waals surface area contributed by atoms with Crippen LogP contribution in [0.5, 0.6) is 5.75 Å². The third kappa shape index (κ3) is 2.29. The highest BCUT2D eigenvalue weighted by atomic mass is 16.5. The Morgan fingerprint density at radius 1 is 1.32 bits per heavy atom. The highest BCUT2D eigenvalue weighted by molar-refractivity contribution is 5.85. The Balaban J connectivity index is 2.69. The molecule has 1 aromatic carbocycles.